The molecule has 2 aromatic rings. The molecule has 1 heterocycles. The summed E-state index contributed by atoms with van der Waals surface area (Å²) >= 11 is 1.37. The number of benzene rings is 1. The fraction of sp³-hybridized carbons (Fsp3) is 0.333. The van der Waals surface area contributed by atoms with Crippen molar-refractivity contribution in [2.75, 3.05) is 12.4 Å². The molecule has 6 heteroatoms. The van der Waals surface area contributed by atoms with E-state index in [0.29, 0.717) is 21.9 Å². The molecule has 0 bridgehead atoms. The number of hydrogen-bond acceptors (Lipinski definition) is 5. The van der Waals surface area contributed by atoms with E-state index >= 15 is 0 Å². The number of amides is 1. The normalized spacial score (nSPS) is 10.6. The average Bonchev–Trinajstić information content (AvgIpc) is 2.81. The van der Waals surface area contributed by atoms with E-state index in [-0.39, 0.29) is 12.0 Å². The smallest absolute Gasteiger partial charge is 0.341 e. The van der Waals surface area contributed by atoms with E-state index in [1.165, 1.54) is 11.3 Å². The zero-order chi connectivity index (χ0) is 17.9. The molecule has 0 fully saturated rings. The number of carbonyl (C=O) groups excluding carboxylic acids is 2. The van der Waals surface area contributed by atoms with Crippen LogP contribution in [0.15, 0.2) is 24.3 Å². The Hall–Kier alpha value is -2.34. The number of anilines is 1. The lowest BCUT2D eigenvalue weighted by molar-refractivity contribution is 0.0379. The maximum absolute atomic E-state index is 12.5. The number of nitrogens with one attached hydrogen (secondary N) is 1. The van der Waals surface area contributed by atoms with Crippen LogP contribution >= 0.6 is 11.3 Å². The van der Waals surface area contributed by atoms with Crippen LogP contribution in [0.2, 0.25) is 0 Å². The molecule has 0 unspecified atom stereocenters. The van der Waals surface area contributed by atoms with Crippen molar-refractivity contribution < 1.29 is 19.1 Å². The highest BCUT2D eigenvalue weighted by Crippen LogP contribution is 2.33. The lowest BCUT2D eigenvalue weighted by atomic mass is 10.1. The van der Waals surface area contributed by atoms with Crippen LogP contribution in [0.25, 0.3) is 0 Å². The molecule has 24 heavy (non-hydrogen) atoms. The van der Waals surface area contributed by atoms with Gasteiger partial charge in [-0.3, -0.25) is 4.79 Å². The van der Waals surface area contributed by atoms with Crippen molar-refractivity contribution >= 4 is 28.2 Å². The summed E-state index contributed by atoms with van der Waals surface area (Å²) in [5, 5.41) is 3.32. The van der Waals surface area contributed by atoms with Crippen LogP contribution in [-0.4, -0.2) is 25.1 Å². The van der Waals surface area contributed by atoms with Gasteiger partial charge < -0.3 is 14.8 Å². The molecule has 5 nitrogen and oxygen atoms in total. The second-order valence-corrected chi connectivity index (χ2v) is 6.85. The molecule has 0 saturated heterocycles. The zero-order valence-corrected chi connectivity index (χ0v) is 15.2. The van der Waals surface area contributed by atoms with Crippen molar-refractivity contribution in [2.24, 2.45) is 0 Å². The summed E-state index contributed by atoms with van der Waals surface area (Å²) in [6.45, 7) is 7.35. The van der Waals surface area contributed by atoms with Crippen LogP contribution < -0.4 is 10.1 Å². The number of ether oxygens (including phenoxy) is 2. The molecule has 0 aliphatic rings. The van der Waals surface area contributed by atoms with Crippen LogP contribution in [0.3, 0.4) is 0 Å². The number of esters is 1. The van der Waals surface area contributed by atoms with Crippen molar-refractivity contribution in [3.63, 3.8) is 0 Å². The second kappa shape index (κ2) is 7.49. The van der Waals surface area contributed by atoms with Gasteiger partial charge in [0.2, 0.25) is 0 Å². The SMILES string of the molecule is COc1cccc(C(=O)Nc2sc(C)c(C)c2C(=O)OC(C)C)c1. The maximum atomic E-state index is 12.5. The Kier molecular flexibility index (Phi) is 5.62. The third-order valence-corrected chi connectivity index (χ3v) is 4.61. The van der Waals surface area contributed by atoms with Crippen molar-refractivity contribution in [2.45, 2.75) is 33.8 Å². The largest absolute Gasteiger partial charge is 0.497 e. The first-order chi connectivity index (χ1) is 11.3. The summed E-state index contributed by atoms with van der Waals surface area (Å²) in [7, 11) is 1.54. The Morgan fingerprint density at radius 2 is 1.92 bits per heavy atom. The van der Waals surface area contributed by atoms with Gasteiger partial charge in [0.15, 0.2) is 0 Å². The van der Waals surface area contributed by atoms with Crippen LogP contribution in [-0.2, 0) is 4.74 Å². The summed E-state index contributed by atoms with van der Waals surface area (Å²) in [5.74, 6) is -0.123. The van der Waals surface area contributed by atoms with Crippen LogP contribution in [0.4, 0.5) is 5.00 Å². The van der Waals surface area contributed by atoms with E-state index in [9.17, 15) is 9.59 Å². The third kappa shape index (κ3) is 3.94. The van der Waals surface area contributed by atoms with E-state index in [2.05, 4.69) is 5.32 Å². The van der Waals surface area contributed by atoms with Crippen LogP contribution in [0.1, 0.15) is 45.0 Å². The van der Waals surface area contributed by atoms with Crippen molar-refractivity contribution in [3.8, 4) is 5.75 Å². The summed E-state index contributed by atoms with van der Waals surface area (Å²) in [6.07, 6.45) is -0.223. The van der Waals surface area contributed by atoms with Crippen LogP contribution in [0.5, 0.6) is 5.75 Å². The number of hydrogen-bond donors (Lipinski definition) is 1. The molecule has 0 saturated carbocycles. The first-order valence-corrected chi connectivity index (χ1v) is 8.41. The summed E-state index contributed by atoms with van der Waals surface area (Å²) in [6, 6.07) is 6.85. The van der Waals surface area contributed by atoms with Gasteiger partial charge in [-0.1, -0.05) is 6.07 Å². The quantitative estimate of drug-likeness (QED) is 0.824. The Bertz CT molecular complexity index is 764. The standard InChI is InChI=1S/C18H21NO4S/c1-10(2)23-18(21)15-11(3)12(4)24-17(15)19-16(20)13-7-6-8-14(9-13)22-5/h6-10H,1-5H3,(H,19,20). The highest BCUT2D eigenvalue weighted by molar-refractivity contribution is 7.16. The maximum Gasteiger partial charge on any atom is 0.341 e. The number of carbonyl (C=O) groups is 2. The fourth-order valence-corrected chi connectivity index (χ4v) is 3.22. The summed E-state index contributed by atoms with van der Waals surface area (Å²) in [5.41, 5.74) is 1.70. The number of thiophene rings is 1. The Morgan fingerprint density at radius 3 is 2.54 bits per heavy atom. The van der Waals surface area contributed by atoms with Crippen LogP contribution in [0, 0.1) is 13.8 Å². The van der Waals surface area contributed by atoms with E-state index < -0.39 is 5.97 Å². The first-order valence-electron chi connectivity index (χ1n) is 7.59. The summed E-state index contributed by atoms with van der Waals surface area (Å²) < 4.78 is 10.4. The predicted molar refractivity (Wildman–Crippen MR) is 95.3 cm³/mol. The fourth-order valence-electron chi connectivity index (χ4n) is 2.17. The minimum Gasteiger partial charge on any atom is -0.497 e. The number of rotatable bonds is 5. The summed E-state index contributed by atoms with van der Waals surface area (Å²) in [4.78, 5) is 25.8. The van der Waals surface area contributed by atoms with Gasteiger partial charge >= 0.3 is 5.97 Å². The van der Waals surface area contributed by atoms with Gasteiger partial charge in [-0.25, -0.2) is 4.79 Å². The first kappa shape index (κ1) is 18.0. The molecular weight excluding hydrogens is 326 g/mol. The molecule has 1 amide bonds. The molecular formula is C18H21NO4S. The molecule has 1 aromatic carbocycles. The molecule has 0 aliphatic heterocycles. The predicted octanol–water partition coefficient (Wildman–Crippen LogP) is 4.19. The molecule has 1 aromatic heterocycles. The van der Waals surface area contributed by atoms with Crippen molar-refractivity contribution in [1.29, 1.82) is 0 Å². The third-order valence-electron chi connectivity index (χ3n) is 3.49. The van der Waals surface area contributed by atoms with E-state index in [1.807, 2.05) is 13.8 Å². The lowest BCUT2D eigenvalue weighted by Gasteiger charge is -2.10. The van der Waals surface area contributed by atoms with Gasteiger partial charge in [0.25, 0.3) is 5.91 Å². The van der Waals surface area contributed by atoms with Gasteiger partial charge in [-0.05, 0) is 51.5 Å². The lowest BCUT2D eigenvalue weighted by Crippen LogP contribution is -2.17. The molecule has 0 radical (unpaired) electrons. The monoisotopic (exact) mass is 347 g/mol. The molecule has 0 aliphatic carbocycles. The van der Waals surface area contributed by atoms with Gasteiger partial charge in [-0.2, -0.15) is 0 Å². The van der Waals surface area contributed by atoms with Crippen molar-refractivity contribution in [3.05, 3.63) is 45.8 Å². The van der Waals surface area contributed by atoms with E-state index in [1.54, 1.807) is 45.2 Å². The molecule has 0 spiro atoms. The average molecular weight is 347 g/mol. The zero-order valence-electron chi connectivity index (χ0n) is 14.4. The van der Waals surface area contributed by atoms with E-state index in [4.69, 9.17) is 9.47 Å². The van der Waals surface area contributed by atoms with Crippen molar-refractivity contribution in [1.82, 2.24) is 0 Å². The highest BCUT2D eigenvalue weighted by atomic mass is 32.1. The number of aryl methyl sites for hydroxylation is 1. The Morgan fingerprint density at radius 1 is 1.21 bits per heavy atom. The Labute approximate surface area is 145 Å². The molecule has 2 rings (SSSR count). The minimum absolute atomic E-state index is 0.223. The van der Waals surface area contributed by atoms with Gasteiger partial charge in [-0.15, -0.1) is 11.3 Å². The van der Waals surface area contributed by atoms with Gasteiger partial charge in [0.05, 0.1) is 18.8 Å². The molecule has 128 valence electrons. The van der Waals surface area contributed by atoms with E-state index in [0.717, 1.165) is 10.4 Å². The topological polar surface area (TPSA) is 64.6 Å². The highest BCUT2D eigenvalue weighted by Gasteiger charge is 2.23. The molecule has 1 N–H and O–H groups in total. The van der Waals surface area contributed by atoms with Gasteiger partial charge in [0, 0.05) is 10.4 Å². The minimum atomic E-state index is -0.423. The second-order valence-electron chi connectivity index (χ2n) is 5.63. The molecule has 0 atom stereocenters. The Balaban J connectivity index is 2.30. The van der Waals surface area contributed by atoms with Gasteiger partial charge in [0.1, 0.15) is 10.8 Å². The number of methoxy groups -OCH3 is 1.